The predicted octanol–water partition coefficient (Wildman–Crippen LogP) is 2.28. The Hall–Kier alpha value is -2.81. The van der Waals surface area contributed by atoms with E-state index in [0.717, 1.165) is 30.5 Å². The van der Waals surface area contributed by atoms with E-state index in [0.29, 0.717) is 16.1 Å². The third-order valence-corrected chi connectivity index (χ3v) is 5.68. The molecule has 0 fully saturated rings. The minimum atomic E-state index is -0.459. The number of amides is 1. The van der Waals surface area contributed by atoms with Crippen molar-refractivity contribution in [3.8, 4) is 0 Å². The van der Waals surface area contributed by atoms with Crippen molar-refractivity contribution in [1.82, 2.24) is 25.4 Å². The number of hydrogen-bond donors (Lipinski definition) is 3. The van der Waals surface area contributed by atoms with E-state index in [4.69, 9.17) is 0 Å². The third kappa shape index (κ3) is 2.94. The Bertz CT molecular complexity index is 1040. The maximum Gasteiger partial charge on any atom is 0.289 e. The van der Waals surface area contributed by atoms with E-state index in [-0.39, 0.29) is 17.2 Å². The summed E-state index contributed by atoms with van der Waals surface area (Å²) in [4.78, 5) is 41.8. The van der Waals surface area contributed by atoms with Crippen LogP contribution in [-0.4, -0.2) is 25.8 Å². The number of aromatic nitrogens is 4. The lowest BCUT2D eigenvalue weighted by atomic mass is 9.88. The van der Waals surface area contributed by atoms with Crippen LogP contribution in [0.3, 0.4) is 0 Å². The fourth-order valence-corrected chi connectivity index (χ4v) is 4.58. The molecule has 1 unspecified atom stereocenters. The van der Waals surface area contributed by atoms with Gasteiger partial charge in [0.1, 0.15) is 10.5 Å². The van der Waals surface area contributed by atoms with Crippen LogP contribution in [0.5, 0.6) is 0 Å². The Kier molecular flexibility index (Phi) is 4.15. The fourth-order valence-electron chi connectivity index (χ4n) is 3.24. The van der Waals surface area contributed by atoms with Gasteiger partial charge in [0.2, 0.25) is 5.95 Å². The number of anilines is 1. The second kappa shape index (κ2) is 6.49. The molecule has 9 heteroatoms. The summed E-state index contributed by atoms with van der Waals surface area (Å²) in [6, 6.07) is 0. The molecule has 0 saturated heterocycles. The number of hydrazine groups is 1. The number of hydrogen-bond acceptors (Lipinski definition) is 7. The molecule has 1 atom stereocenters. The molecule has 0 aliphatic heterocycles. The quantitative estimate of drug-likeness (QED) is 0.610. The SMILES string of the molecule is Cc1cnc(C(=O)NNc2nc3sc4c(c3c(=O)[nH]2)C(C)CCC4)cn1. The maximum atomic E-state index is 12.6. The van der Waals surface area contributed by atoms with E-state index < -0.39 is 5.91 Å². The van der Waals surface area contributed by atoms with Crippen LogP contribution in [0.15, 0.2) is 17.2 Å². The molecular formula is C17H18N6O2S. The van der Waals surface area contributed by atoms with Gasteiger partial charge < -0.3 is 0 Å². The number of carbonyl (C=O) groups excluding carboxylic acids is 1. The molecule has 26 heavy (non-hydrogen) atoms. The molecule has 0 bridgehead atoms. The van der Waals surface area contributed by atoms with Gasteiger partial charge >= 0.3 is 0 Å². The number of nitrogens with one attached hydrogen (secondary N) is 3. The standard InChI is InChI=1S/C17H18N6O2S/c1-8-4-3-5-11-12(8)13-15(25)20-17(21-16(13)26-11)23-22-14(24)10-7-18-9(2)6-19-10/h6-8H,3-5H2,1-2H3,(H,22,24)(H2,20,21,23,25). The van der Waals surface area contributed by atoms with Crippen molar-refractivity contribution in [2.75, 3.05) is 5.43 Å². The predicted molar refractivity (Wildman–Crippen MR) is 99.5 cm³/mol. The zero-order valence-corrected chi connectivity index (χ0v) is 15.2. The fraction of sp³-hybridized carbons (Fsp3) is 0.353. The number of aromatic amines is 1. The molecule has 134 valence electrons. The minimum Gasteiger partial charge on any atom is -0.291 e. The van der Waals surface area contributed by atoms with E-state index in [9.17, 15) is 9.59 Å². The summed E-state index contributed by atoms with van der Waals surface area (Å²) in [6.45, 7) is 3.94. The first kappa shape index (κ1) is 16.6. The normalized spacial score (nSPS) is 16.3. The monoisotopic (exact) mass is 370 g/mol. The highest BCUT2D eigenvalue weighted by atomic mass is 32.1. The van der Waals surface area contributed by atoms with Crippen molar-refractivity contribution in [3.63, 3.8) is 0 Å². The lowest BCUT2D eigenvalue weighted by Gasteiger charge is -2.18. The van der Waals surface area contributed by atoms with Crippen molar-refractivity contribution < 1.29 is 4.79 Å². The van der Waals surface area contributed by atoms with Crippen LogP contribution in [0, 0.1) is 6.92 Å². The Labute approximate surface area is 153 Å². The molecular weight excluding hydrogens is 352 g/mol. The highest BCUT2D eigenvalue weighted by Crippen LogP contribution is 2.40. The molecule has 4 rings (SSSR count). The van der Waals surface area contributed by atoms with Gasteiger partial charge in [-0.05, 0) is 37.7 Å². The number of carbonyl (C=O) groups is 1. The number of nitrogens with zero attached hydrogens (tertiary/aromatic N) is 3. The summed E-state index contributed by atoms with van der Waals surface area (Å²) >= 11 is 1.56. The zero-order chi connectivity index (χ0) is 18.3. The first-order chi connectivity index (χ1) is 12.5. The Morgan fingerprint density at radius 1 is 1.35 bits per heavy atom. The molecule has 0 spiro atoms. The molecule has 1 amide bonds. The lowest BCUT2D eigenvalue weighted by Crippen LogP contribution is -2.32. The van der Waals surface area contributed by atoms with Gasteiger partial charge in [0.15, 0.2) is 0 Å². The molecule has 0 saturated carbocycles. The van der Waals surface area contributed by atoms with Gasteiger partial charge in [-0.1, -0.05) is 6.92 Å². The van der Waals surface area contributed by atoms with Crippen LogP contribution < -0.4 is 16.4 Å². The van der Waals surface area contributed by atoms with Crippen LogP contribution in [0.25, 0.3) is 10.2 Å². The second-order valence-corrected chi connectivity index (χ2v) is 7.53. The lowest BCUT2D eigenvalue weighted by molar-refractivity contribution is 0.0957. The molecule has 8 nitrogen and oxygen atoms in total. The van der Waals surface area contributed by atoms with Gasteiger partial charge in [0, 0.05) is 11.1 Å². The minimum absolute atomic E-state index is 0.173. The molecule has 0 radical (unpaired) electrons. The van der Waals surface area contributed by atoms with Crippen LogP contribution >= 0.6 is 11.3 Å². The average molecular weight is 370 g/mol. The molecule has 1 aliphatic rings. The first-order valence-corrected chi connectivity index (χ1v) is 9.25. The van der Waals surface area contributed by atoms with Crippen molar-refractivity contribution >= 4 is 33.4 Å². The maximum absolute atomic E-state index is 12.6. The number of aryl methyl sites for hydroxylation is 2. The largest absolute Gasteiger partial charge is 0.291 e. The summed E-state index contributed by atoms with van der Waals surface area (Å²) < 4.78 is 0. The molecule has 3 aromatic heterocycles. The van der Waals surface area contributed by atoms with Crippen molar-refractivity contribution in [3.05, 3.63) is 44.6 Å². The van der Waals surface area contributed by atoms with Crippen molar-refractivity contribution in [2.45, 2.75) is 39.0 Å². The van der Waals surface area contributed by atoms with Crippen molar-refractivity contribution in [2.24, 2.45) is 0 Å². The summed E-state index contributed by atoms with van der Waals surface area (Å²) in [7, 11) is 0. The third-order valence-electron chi connectivity index (χ3n) is 4.52. The molecule has 3 heterocycles. The van der Waals surface area contributed by atoms with Gasteiger partial charge in [-0.15, -0.1) is 11.3 Å². The summed E-state index contributed by atoms with van der Waals surface area (Å²) in [5, 5.41) is 0.679. The van der Waals surface area contributed by atoms with Gasteiger partial charge in [0.25, 0.3) is 11.5 Å². The highest BCUT2D eigenvalue weighted by Gasteiger charge is 2.24. The Balaban J connectivity index is 1.59. The topological polar surface area (TPSA) is 113 Å². The summed E-state index contributed by atoms with van der Waals surface area (Å²) in [5.74, 6) is 0.107. The van der Waals surface area contributed by atoms with Crippen LogP contribution in [0.1, 0.15) is 52.3 Å². The number of fused-ring (bicyclic) bond motifs is 3. The highest BCUT2D eigenvalue weighted by molar-refractivity contribution is 7.18. The van der Waals surface area contributed by atoms with Crippen LogP contribution in [0.2, 0.25) is 0 Å². The molecule has 3 N–H and O–H groups in total. The van der Waals surface area contributed by atoms with Gasteiger partial charge in [-0.25, -0.2) is 9.97 Å². The number of rotatable bonds is 3. The number of H-pyrrole nitrogens is 1. The first-order valence-electron chi connectivity index (χ1n) is 8.43. The van der Waals surface area contributed by atoms with Crippen molar-refractivity contribution in [1.29, 1.82) is 0 Å². The van der Waals surface area contributed by atoms with E-state index >= 15 is 0 Å². The number of thiophene rings is 1. The molecule has 1 aliphatic carbocycles. The van der Waals surface area contributed by atoms with Crippen LogP contribution in [-0.2, 0) is 6.42 Å². The van der Waals surface area contributed by atoms with Gasteiger partial charge in [0.05, 0.1) is 17.3 Å². The van der Waals surface area contributed by atoms with E-state index in [1.165, 1.54) is 17.3 Å². The van der Waals surface area contributed by atoms with Crippen LogP contribution in [0.4, 0.5) is 5.95 Å². The van der Waals surface area contributed by atoms with E-state index in [1.54, 1.807) is 18.3 Å². The summed E-state index contributed by atoms with van der Waals surface area (Å²) in [6.07, 6.45) is 6.12. The van der Waals surface area contributed by atoms with Gasteiger partial charge in [-0.2, -0.15) is 0 Å². The van der Waals surface area contributed by atoms with E-state index in [2.05, 4.69) is 37.7 Å². The Morgan fingerprint density at radius 3 is 2.96 bits per heavy atom. The van der Waals surface area contributed by atoms with Gasteiger partial charge in [-0.3, -0.25) is 30.4 Å². The molecule has 3 aromatic rings. The average Bonchev–Trinajstić information content (AvgIpc) is 3.00. The second-order valence-electron chi connectivity index (χ2n) is 6.45. The van der Waals surface area contributed by atoms with E-state index in [1.807, 2.05) is 0 Å². The summed E-state index contributed by atoms with van der Waals surface area (Å²) in [5.41, 5.74) is 6.98. The Morgan fingerprint density at radius 2 is 2.19 bits per heavy atom. The molecule has 0 aromatic carbocycles. The smallest absolute Gasteiger partial charge is 0.289 e. The zero-order valence-electron chi connectivity index (χ0n) is 14.4.